The second-order valence-electron chi connectivity index (χ2n) is 6.17. The van der Waals surface area contributed by atoms with Crippen molar-refractivity contribution in [3.8, 4) is 33.9 Å². The molecule has 7 nitrogen and oxygen atoms in total. The standard InChI is InChI=1S/C23H20N2O5S/c1-27-19-5-3-4-17(13-19)23-25-18(15-31-23)14-30-22(26)9-7-16-6-8-20(29-11-10-24)21(12-16)28-2/h3-9,12-13,15H,11,14H2,1-2H3/b9-7+. The van der Waals surface area contributed by atoms with Crippen LogP contribution in [0.3, 0.4) is 0 Å². The van der Waals surface area contributed by atoms with E-state index in [1.165, 1.54) is 24.5 Å². The van der Waals surface area contributed by atoms with Crippen molar-refractivity contribution in [3.05, 3.63) is 65.2 Å². The van der Waals surface area contributed by atoms with Crippen molar-refractivity contribution in [1.82, 2.24) is 4.98 Å². The van der Waals surface area contributed by atoms with Gasteiger partial charge in [-0.3, -0.25) is 0 Å². The van der Waals surface area contributed by atoms with E-state index >= 15 is 0 Å². The number of esters is 1. The van der Waals surface area contributed by atoms with Gasteiger partial charge in [0.2, 0.25) is 0 Å². The number of carbonyl (C=O) groups excluding carboxylic acids is 1. The summed E-state index contributed by atoms with van der Waals surface area (Å²) < 4.78 is 21.0. The predicted octanol–water partition coefficient (Wildman–Crippen LogP) is 4.49. The molecule has 31 heavy (non-hydrogen) atoms. The maximum atomic E-state index is 12.1. The Bertz CT molecular complexity index is 1120. The van der Waals surface area contributed by atoms with Crippen LogP contribution in [0.4, 0.5) is 0 Å². The molecule has 0 radical (unpaired) electrons. The first-order valence-corrected chi connectivity index (χ1v) is 10.1. The molecule has 0 saturated heterocycles. The third kappa shape index (κ3) is 6.07. The van der Waals surface area contributed by atoms with Crippen LogP contribution in [-0.2, 0) is 16.1 Å². The van der Waals surface area contributed by atoms with Gasteiger partial charge in [-0.05, 0) is 35.9 Å². The van der Waals surface area contributed by atoms with Crippen molar-refractivity contribution in [2.75, 3.05) is 20.8 Å². The number of thiazole rings is 1. The van der Waals surface area contributed by atoms with Crippen LogP contribution in [-0.4, -0.2) is 31.8 Å². The fraction of sp³-hybridized carbons (Fsp3) is 0.174. The number of nitriles is 1. The quantitative estimate of drug-likeness (QED) is 0.361. The first kappa shape index (κ1) is 21.9. The lowest BCUT2D eigenvalue weighted by Gasteiger charge is -2.08. The molecule has 0 amide bonds. The molecule has 8 heteroatoms. The summed E-state index contributed by atoms with van der Waals surface area (Å²) in [5.74, 6) is 1.20. The molecule has 3 aromatic rings. The van der Waals surface area contributed by atoms with Crippen LogP contribution < -0.4 is 14.2 Å². The van der Waals surface area contributed by atoms with Crippen molar-refractivity contribution in [3.63, 3.8) is 0 Å². The topological polar surface area (TPSA) is 90.7 Å². The van der Waals surface area contributed by atoms with Gasteiger partial charge in [-0.1, -0.05) is 18.2 Å². The van der Waals surface area contributed by atoms with E-state index in [1.54, 1.807) is 31.4 Å². The molecular weight excluding hydrogens is 416 g/mol. The summed E-state index contributed by atoms with van der Waals surface area (Å²) >= 11 is 1.47. The number of carbonyl (C=O) groups is 1. The Labute approximate surface area is 184 Å². The number of rotatable bonds is 9. The van der Waals surface area contributed by atoms with Gasteiger partial charge in [-0.25, -0.2) is 9.78 Å². The highest BCUT2D eigenvalue weighted by molar-refractivity contribution is 7.13. The highest BCUT2D eigenvalue weighted by Crippen LogP contribution is 2.29. The number of methoxy groups -OCH3 is 2. The first-order chi connectivity index (χ1) is 15.1. The van der Waals surface area contributed by atoms with E-state index in [-0.39, 0.29) is 13.2 Å². The number of hydrogen-bond acceptors (Lipinski definition) is 8. The van der Waals surface area contributed by atoms with Crippen LogP contribution in [0.2, 0.25) is 0 Å². The number of benzene rings is 2. The molecule has 2 aromatic carbocycles. The summed E-state index contributed by atoms with van der Waals surface area (Å²) in [7, 11) is 3.12. The van der Waals surface area contributed by atoms with E-state index in [2.05, 4.69) is 4.98 Å². The van der Waals surface area contributed by atoms with Crippen molar-refractivity contribution in [2.45, 2.75) is 6.61 Å². The predicted molar refractivity (Wildman–Crippen MR) is 117 cm³/mol. The molecule has 1 aromatic heterocycles. The molecular formula is C23H20N2O5S. The number of aromatic nitrogens is 1. The van der Waals surface area contributed by atoms with E-state index in [0.29, 0.717) is 17.2 Å². The molecule has 0 N–H and O–H groups in total. The monoisotopic (exact) mass is 436 g/mol. The molecule has 0 aliphatic rings. The summed E-state index contributed by atoms with van der Waals surface area (Å²) in [5.41, 5.74) is 2.34. The van der Waals surface area contributed by atoms with E-state index in [1.807, 2.05) is 35.7 Å². The minimum Gasteiger partial charge on any atom is -0.497 e. The summed E-state index contributed by atoms with van der Waals surface area (Å²) in [6.07, 6.45) is 2.95. The van der Waals surface area contributed by atoms with Crippen LogP contribution in [0.15, 0.2) is 53.9 Å². The molecule has 158 valence electrons. The Balaban J connectivity index is 1.57. The minimum atomic E-state index is -0.486. The fourth-order valence-corrected chi connectivity index (χ4v) is 3.44. The molecule has 1 heterocycles. The van der Waals surface area contributed by atoms with E-state index in [9.17, 15) is 4.79 Å². The van der Waals surface area contributed by atoms with Crippen molar-refractivity contribution in [2.24, 2.45) is 0 Å². The SMILES string of the molecule is COc1cccc(-c2nc(COC(=O)/C=C/c3ccc(OCC#N)c(OC)c3)cs2)c1. The zero-order valence-corrected chi connectivity index (χ0v) is 17.8. The van der Waals surface area contributed by atoms with Crippen LogP contribution >= 0.6 is 11.3 Å². The van der Waals surface area contributed by atoms with Gasteiger partial charge < -0.3 is 18.9 Å². The molecule has 0 saturated carbocycles. The average molecular weight is 436 g/mol. The van der Waals surface area contributed by atoms with E-state index in [4.69, 9.17) is 24.2 Å². The number of nitrogens with zero attached hydrogens (tertiary/aromatic N) is 2. The highest BCUT2D eigenvalue weighted by Gasteiger charge is 2.08. The smallest absolute Gasteiger partial charge is 0.331 e. The highest BCUT2D eigenvalue weighted by atomic mass is 32.1. The third-order valence-electron chi connectivity index (χ3n) is 4.12. The molecule has 0 aliphatic carbocycles. The summed E-state index contributed by atoms with van der Waals surface area (Å²) in [4.78, 5) is 16.6. The Morgan fingerprint density at radius 1 is 1.16 bits per heavy atom. The fourth-order valence-electron chi connectivity index (χ4n) is 2.64. The lowest BCUT2D eigenvalue weighted by molar-refractivity contribution is -0.139. The zero-order valence-electron chi connectivity index (χ0n) is 17.0. The average Bonchev–Trinajstić information content (AvgIpc) is 3.29. The Morgan fingerprint density at radius 3 is 2.81 bits per heavy atom. The number of hydrogen-bond donors (Lipinski definition) is 0. The molecule has 0 aliphatic heterocycles. The maximum Gasteiger partial charge on any atom is 0.331 e. The molecule has 0 spiro atoms. The minimum absolute atomic E-state index is 0.0754. The van der Waals surface area contributed by atoms with Gasteiger partial charge >= 0.3 is 5.97 Å². The second kappa shape index (κ2) is 10.8. The van der Waals surface area contributed by atoms with Gasteiger partial charge in [-0.15, -0.1) is 11.3 Å². The largest absolute Gasteiger partial charge is 0.497 e. The zero-order chi connectivity index (χ0) is 22.1. The molecule has 3 rings (SSSR count). The van der Waals surface area contributed by atoms with E-state index < -0.39 is 5.97 Å². The van der Waals surface area contributed by atoms with Crippen LogP contribution in [0.5, 0.6) is 17.2 Å². The van der Waals surface area contributed by atoms with Crippen LogP contribution in [0.25, 0.3) is 16.6 Å². The number of ether oxygens (including phenoxy) is 4. The first-order valence-electron chi connectivity index (χ1n) is 9.24. The Kier molecular flexibility index (Phi) is 7.62. The summed E-state index contributed by atoms with van der Waals surface area (Å²) in [5, 5.41) is 11.3. The Morgan fingerprint density at radius 2 is 2.03 bits per heavy atom. The van der Waals surface area contributed by atoms with Crippen LogP contribution in [0, 0.1) is 11.3 Å². The lowest BCUT2D eigenvalue weighted by atomic mass is 10.2. The maximum absolute atomic E-state index is 12.1. The molecule has 0 bridgehead atoms. The van der Waals surface area contributed by atoms with Gasteiger partial charge in [0.15, 0.2) is 18.1 Å². The lowest BCUT2D eigenvalue weighted by Crippen LogP contribution is -2.01. The van der Waals surface area contributed by atoms with Crippen LogP contribution in [0.1, 0.15) is 11.3 Å². The molecule has 0 fully saturated rings. The third-order valence-corrected chi connectivity index (χ3v) is 5.06. The molecule has 0 unspecified atom stereocenters. The van der Waals surface area contributed by atoms with E-state index in [0.717, 1.165) is 21.9 Å². The molecule has 0 atom stereocenters. The van der Waals surface area contributed by atoms with Gasteiger partial charge in [-0.2, -0.15) is 5.26 Å². The van der Waals surface area contributed by atoms with Gasteiger partial charge in [0.25, 0.3) is 0 Å². The van der Waals surface area contributed by atoms with Gasteiger partial charge in [0, 0.05) is 17.0 Å². The van der Waals surface area contributed by atoms with Crippen molar-refractivity contribution in [1.29, 1.82) is 5.26 Å². The summed E-state index contributed by atoms with van der Waals surface area (Å²) in [6.45, 7) is 0.00191. The van der Waals surface area contributed by atoms with Gasteiger partial charge in [0.05, 0.1) is 19.9 Å². The second-order valence-corrected chi connectivity index (χ2v) is 7.03. The summed E-state index contributed by atoms with van der Waals surface area (Å²) in [6, 6.07) is 14.7. The van der Waals surface area contributed by atoms with Gasteiger partial charge in [0.1, 0.15) is 23.4 Å². The van der Waals surface area contributed by atoms with Crippen molar-refractivity contribution < 1.29 is 23.7 Å². The normalized spacial score (nSPS) is 10.5. The van der Waals surface area contributed by atoms with Crippen molar-refractivity contribution >= 4 is 23.4 Å². The Hall–Kier alpha value is -3.83.